The fourth-order valence-corrected chi connectivity index (χ4v) is 2.22. The molecule has 0 radical (unpaired) electrons. The Bertz CT molecular complexity index is 391. The summed E-state index contributed by atoms with van der Waals surface area (Å²) in [6.45, 7) is 0. The van der Waals surface area contributed by atoms with Gasteiger partial charge in [0.05, 0.1) is 7.11 Å². The monoisotopic (exact) mass is 237 g/mol. The first kappa shape index (κ1) is 12.0. The molecule has 0 saturated carbocycles. The standard InChI is InChI=1S/C13H16FNO2/c1-17-13(16)12-4-2-3-11(15-12)9-5-7-10(14)8-6-9/h5-8,11-12,15H,2-4H2,1H3. The van der Waals surface area contributed by atoms with Gasteiger partial charge >= 0.3 is 5.97 Å². The van der Waals surface area contributed by atoms with Crippen LogP contribution in [0.15, 0.2) is 24.3 Å². The molecule has 3 nitrogen and oxygen atoms in total. The zero-order chi connectivity index (χ0) is 12.3. The van der Waals surface area contributed by atoms with Crippen LogP contribution in [0.25, 0.3) is 0 Å². The largest absolute Gasteiger partial charge is 0.468 e. The first-order chi connectivity index (χ1) is 8.20. The third-order valence-corrected chi connectivity index (χ3v) is 3.15. The molecule has 0 bridgehead atoms. The number of halogens is 1. The van der Waals surface area contributed by atoms with Crippen molar-refractivity contribution < 1.29 is 13.9 Å². The van der Waals surface area contributed by atoms with Crippen molar-refractivity contribution in [3.8, 4) is 0 Å². The summed E-state index contributed by atoms with van der Waals surface area (Å²) in [6, 6.07) is 6.26. The maximum Gasteiger partial charge on any atom is 0.322 e. The molecule has 0 aromatic heterocycles. The van der Waals surface area contributed by atoms with E-state index in [1.54, 1.807) is 12.1 Å². The second-order valence-electron chi connectivity index (χ2n) is 4.28. The number of rotatable bonds is 2. The fourth-order valence-electron chi connectivity index (χ4n) is 2.22. The van der Waals surface area contributed by atoms with Crippen LogP contribution < -0.4 is 5.32 Å². The number of esters is 1. The molecule has 1 aromatic rings. The smallest absolute Gasteiger partial charge is 0.322 e. The van der Waals surface area contributed by atoms with Crippen LogP contribution >= 0.6 is 0 Å². The normalized spacial score (nSPS) is 24.4. The van der Waals surface area contributed by atoms with Gasteiger partial charge in [0.2, 0.25) is 0 Å². The highest BCUT2D eigenvalue weighted by molar-refractivity contribution is 5.75. The summed E-state index contributed by atoms with van der Waals surface area (Å²) in [7, 11) is 1.39. The van der Waals surface area contributed by atoms with Gasteiger partial charge < -0.3 is 4.74 Å². The van der Waals surface area contributed by atoms with E-state index in [2.05, 4.69) is 5.32 Å². The molecule has 17 heavy (non-hydrogen) atoms. The lowest BCUT2D eigenvalue weighted by atomic mass is 9.93. The summed E-state index contributed by atoms with van der Waals surface area (Å²) >= 11 is 0. The topological polar surface area (TPSA) is 38.3 Å². The summed E-state index contributed by atoms with van der Waals surface area (Å²) in [5.74, 6) is -0.467. The number of hydrogen-bond donors (Lipinski definition) is 1. The summed E-state index contributed by atoms with van der Waals surface area (Å²) in [5.41, 5.74) is 1.01. The van der Waals surface area contributed by atoms with Gasteiger partial charge in [0.15, 0.2) is 0 Å². The van der Waals surface area contributed by atoms with Crippen LogP contribution in [-0.2, 0) is 9.53 Å². The Morgan fingerprint density at radius 1 is 1.35 bits per heavy atom. The molecule has 2 atom stereocenters. The number of hydrogen-bond acceptors (Lipinski definition) is 3. The number of methoxy groups -OCH3 is 1. The lowest BCUT2D eigenvalue weighted by molar-refractivity contribution is -0.144. The number of benzene rings is 1. The minimum Gasteiger partial charge on any atom is -0.468 e. The van der Waals surface area contributed by atoms with Gasteiger partial charge in [0, 0.05) is 6.04 Å². The van der Waals surface area contributed by atoms with Crippen LogP contribution in [0, 0.1) is 5.82 Å². The Hall–Kier alpha value is -1.42. The van der Waals surface area contributed by atoms with E-state index in [4.69, 9.17) is 4.74 Å². The van der Waals surface area contributed by atoms with Gasteiger partial charge in [-0.05, 0) is 37.0 Å². The lowest BCUT2D eigenvalue weighted by Crippen LogP contribution is -2.43. The van der Waals surface area contributed by atoms with Gasteiger partial charge in [-0.25, -0.2) is 4.39 Å². The number of carbonyl (C=O) groups is 1. The van der Waals surface area contributed by atoms with Gasteiger partial charge in [-0.1, -0.05) is 12.1 Å². The second-order valence-corrected chi connectivity index (χ2v) is 4.28. The highest BCUT2D eigenvalue weighted by atomic mass is 19.1. The first-order valence-corrected chi connectivity index (χ1v) is 5.80. The Morgan fingerprint density at radius 3 is 2.71 bits per heavy atom. The molecule has 1 aliphatic rings. The number of carbonyl (C=O) groups excluding carboxylic acids is 1. The van der Waals surface area contributed by atoms with Gasteiger partial charge in [-0.3, -0.25) is 10.1 Å². The van der Waals surface area contributed by atoms with Crippen molar-refractivity contribution in [1.82, 2.24) is 5.32 Å². The fraction of sp³-hybridized carbons (Fsp3) is 0.462. The number of ether oxygens (including phenoxy) is 1. The molecule has 1 aromatic carbocycles. The molecule has 0 amide bonds. The van der Waals surface area contributed by atoms with Crippen molar-refractivity contribution in [1.29, 1.82) is 0 Å². The minimum atomic E-state index is -0.246. The molecular formula is C13H16FNO2. The van der Waals surface area contributed by atoms with E-state index in [0.717, 1.165) is 24.8 Å². The molecule has 1 fully saturated rings. The summed E-state index contributed by atoms with van der Waals surface area (Å²) in [4.78, 5) is 11.5. The van der Waals surface area contributed by atoms with Gasteiger partial charge in [-0.2, -0.15) is 0 Å². The Balaban J connectivity index is 2.06. The van der Waals surface area contributed by atoms with Crippen LogP contribution in [0.3, 0.4) is 0 Å². The van der Waals surface area contributed by atoms with E-state index in [1.807, 2.05) is 0 Å². The molecular weight excluding hydrogens is 221 g/mol. The third-order valence-electron chi connectivity index (χ3n) is 3.15. The first-order valence-electron chi connectivity index (χ1n) is 5.80. The molecule has 0 aliphatic carbocycles. The summed E-state index contributed by atoms with van der Waals surface area (Å²) in [6.07, 6.45) is 2.72. The third kappa shape index (κ3) is 2.82. The van der Waals surface area contributed by atoms with Crippen molar-refractivity contribution in [2.24, 2.45) is 0 Å². The van der Waals surface area contributed by atoms with Gasteiger partial charge in [-0.15, -0.1) is 0 Å². The zero-order valence-corrected chi connectivity index (χ0v) is 9.78. The van der Waals surface area contributed by atoms with E-state index >= 15 is 0 Å². The van der Waals surface area contributed by atoms with Gasteiger partial charge in [0.25, 0.3) is 0 Å². The molecule has 1 saturated heterocycles. The minimum absolute atomic E-state index is 0.105. The predicted molar refractivity (Wildman–Crippen MR) is 61.9 cm³/mol. The zero-order valence-electron chi connectivity index (χ0n) is 9.78. The average molecular weight is 237 g/mol. The van der Waals surface area contributed by atoms with Crippen LogP contribution in [-0.4, -0.2) is 19.1 Å². The summed E-state index contributed by atoms with van der Waals surface area (Å²) in [5, 5.41) is 3.24. The Morgan fingerprint density at radius 2 is 2.06 bits per heavy atom. The quantitative estimate of drug-likeness (QED) is 0.801. The molecule has 4 heteroatoms. The highest BCUT2D eigenvalue weighted by Crippen LogP contribution is 2.26. The van der Waals surface area contributed by atoms with E-state index < -0.39 is 0 Å². The SMILES string of the molecule is COC(=O)C1CCCC(c2ccc(F)cc2)N1. The molecule has 1 N–H and O–H groups in total. The Kier molecular flexibility index (Phi) is 3.74. The molecule has 2 unspecified atom stereocenters. The number of nitrogens with one attached hydrogen (secondary N) is 1. The second kappa shape index (κ2) is 5.27. The van der Waals surface area contributed by atoms with E-state index in [0.29, 0.717) is 0 Å². The van der Waals surface area contributed by atoms with E-state index in [9.17, 15) is 9.18 Å². The lowest BCUT2D eigenvalue weighted by Gasteiger charge is -2.29. The molecule has 0 spiro atoms. The maximum absolute atomic E-state index is 12.8. The van der Waals surface area contributed by atoms with Crippen molar-refractivity contribution in [2.45, 2.75) is 31.3 Å². The van der Waals surface area contributed by atoms with Crippen molar-refractivity contribution in [2.75, 3.05) is 7.11 Å². The van der Waals surface area contributed by atoms with Crippen molar-refractivity contribution in [3.05, 3.63) is 35.6 Å². The van der Waals surface area contributed by atoms with Crippen molar-refractivity contribution in [3.63, 3.8) is 0 Å². The molecule has 92 valence electrons. The van der Waals surface area contributed by atoms with Crippen LogP contribution in [0.1, 0.15) is 30.9 Å². The average Bonchev–Trinajstić information content (AvgIpc) is 2.39. The predicted octanol–water partition coefficient (Wildman–Crippen LogP) is 2.18. The molecule has 2 rings (SSSR count). The molecule has 1 aliphatic heterocycles. The van der Waals surface area contributed by atoms with E-state index in [-0.39, 0.29) is 23.9 Å². The van der Waals surface area contributed by atoms with Crippen LogP contribution in [0.2, 0.25) is 0 Å². The maximum atomic E-state index is 12.8. The summed E-state index contributed by atoms with van der Waals surface area (Å²) < 4.78 is 17.6. The highest BCUT2D eigenvalue weighted by Gasteiger charge is 2.27. The molecule has 1 heterocycles. The van der Waals surface area contributed by atoms with Crippen LogP contribution in [0.4, 0.5) is 4.39 Å². The Labute approximate surface area is 100.0 Å². The van der Waals surface area contributed by atoms with Gasteiger partial charge in [0.1, 0.15) is 11.9 Å². The van der Waals surface area contributed by atoms with Crippen molar-refractivity contribution >= 4 is 5.97 Å². The van der Waals surface area contributed by atoms with E-state index in [1.165, 1.54) is 19.2 Å². The number of piperidine rings is 1. The van der Waals surface area contributed by atoms with Crippen LogP contribution in [0.5, 0.6) is 0 Å².